The maximum absolute atomic E-state index is 12.0. The third kappa shape index (κ3) is 4.38. The number of hydrogen-bond acceptors (Lipinski definition) is 5. The highest BCUT2D eigenvalue weighted by Gasteiger charge is 2.12. The van der Waals surface area contributed by atoms with Crippen molar-refractivity contribution in [3.63, 3.8) is 0 Å². The van der Waals surface area contributed by atoms with Crippen LogP contribution in [0.25, 0.3) is 0 Å². The minimum atomic E-state index is -3.37. The van der Waals surface area contributed by atoms with E-state index in [2.05, 4.69) is 9.71 Å². The van der Waals surface area contributed by atoms with Crippen LogP contribution in [0.15, 0.2) is 29.6 Å². The Kier molecular flexibility index (Phi) is 4.87. The minimum Gasteiger partial charge on any atom is -0.326 e. The fraction of sp³-hybridized carbons (Fsp3) is 0.308. The molecule has 2 rings (SSSR count). The summed E-state index contributed by atoms with van der Waals surface area (Å²) in [5, 5.41) is 2.78. The van der Waals surface area contributed by atoms with Gasteiger partial charge in [-0.05, 0) is 18.1 Å². The van der Waals surface area contributed by atoms with Crippen LogP contribution in [0.2, 0.25) is 0 Å². The van der Waals surface area contributed by atoms with Crippen LogP contribution in [0, 0.1) is 6.92 Å². The Balaban J connectivity index is 1.99. The summed E-state index contributed by atoms with van der Waals surface area (Å²) in [6.07, 6.45) is 0. The molecule has 2 aromatic rings. The van der Waals surface area contributed by atoms with Crippen molar-refractivity contribution in [1.82, 2.24) is 9.71 Å². The quantitative estimate of drug-likeness (QED) is 0.847. The molecular formula is C13H17N3O2S2. The number of thiazole rings is 1. The van der Waals surface area contributed by atoms with Crippen molar-refractivity contribution >= 4 is 21.4 Å². The highest BCUT2D eigenvalue weighted by molar-refractivity contribution is 7.88. The fourth-order valence-corrected chi connectivity index (χ4v) is 3.49. The van der Waals surface area contributed by atoms with Gasteiger partial charge < -0.3 is 5.73 Å². The average Bonchev–Trinajstić information content (AvgIpc) is 2.82. The van der Waals surface area contributed by atoms with Gasteiger partial charge in [-0.1, -0.05) is 24.3 Å². The first kappa shape index (κ1) is 15.1. The lowest BCUT2D eigenvalue weighted by atomic mass is 10.1. The standard InChI is InChI=1S/C13H17N3O2S2/c1-10-16-13(8-19-10)7-15-20(17,18)9-12-4-2-3-11(5-12)6-14/h2-5,8,15H,6-7,9,14H2,1H3. The molecule has 3 N–H and O–H groups in total. The Morgan fingerprint density at radius 3 is 2.75 bits per heavy atom. The van der Waals surface area contributed by atoms with Gasteiger partial charge in [-0.15, -0.1) is 11.3 Å². The lowest BCUT2D eigenvalue weighted by Gasteiger charge is -2.06. The van der Waals surface area contributed by atoms with Crippen LogP contribution in [0.3, 0.4) is 0 Å². The second-order valence-corrected chi connectivity index (χ2v) is 7.33. The summed E-state index contributed by atoms with van der Waals surface area (Å²) >= 11 is 1.50. The summed E-state index contributed by atoms with van der Waals surface area (Å²) in [6.45, 7) is 2.52. The van der Waals surface area contributed by atoms with Crippen LogP contribution in [-0.2, 0) is 28.9 Å². The maximum Gasteiger partial charge on any atom is 0.216 e. The first-order chi connectivity index (χ1) is 9.48. The summed E-state index contributed by atoms with van der Waals surface area (Å²) in [7, 11) is -3.37. The van der Waals surface area contributed by atoms with Gasteiger partial charge in [-0.3, -0.25) is 0 Å². The average molecular weight is 311 g/mol. The Bertz CT molecular complexity index is 680. The molecule has 0 aliphatic carbocycles. The highest BCUT2D eigenvalue weighted by atomic mass is 32.2. The number of aromatic nitrogens is 1. The molecule has 108 valence electrons. The number of aryl methyl sites for hydroxylation is 1. The van der Waals surface area contributed by atoms with Crippen molar-refractivity contribution in [1.29, 1.82) is 0 Å². The van der Waals surface area contributed by atoms with E-state index >= 15 is 0 Å². The lowest BCUT2D eigenvalue weighted by Crippen LogP contribution is -2.25. The largest absolute Gasteiger partial charge is 0.326 e. The molecule has 5 nitrogen and oxygen atoms in total. The summed E-state index contributed by atoms with van der Waals surface area (Å²) in [5.41, 5.74) is 7.94. The molecule has 0 aliphatic rings. The summed E-state index contributed by atoms with van der Waals surface area (Å²) < 4.78 is 26.6. The Hall–Kier alpha value is -1.28. The number of nitrogens with one attached hydrogen (secondary N) is 1. The Morgan fingerprint density at radius 1 is 1.35 bits per heavy atom. The van der Waals surface area contributed by atoms with Gasteiger partial charge in [0.25, 0.3) is 0 Å². The molecule has 7 heteroatoms. The second kappa shape index (κ2) is 6.45. The first-order valence-electron chi connectivity index (χ1n) is 6.15. The Labute approximate surface area is 122 Å². The van der Waals surface area contributed by atoms with Crippen LogP contribution < -0.4 is 10.5 Å². The zero-order valence-corrected chi connectivity index (χ0v) is 12.8. The van der Waals surface area contributed by atoms with Gasteiger partial charge in [0.1, 0.15) is 0 Å². The number of nitrogens with zero attached hydrogens (tertiary/aromatic N) is 1. The molecule has 0 amide bonds. The number of sulfonamides is 1. The van der Waals surface area contributed by atoms with Gasteiger partial charge >= 0.3 is 0 Å². The van der Waals surface area contributed by atoms with Gasteiger partial charge in [0.15, 0.2) is 0 Å². The molecular weight excluding hydrogens is 294 g/mol. The number of nitrogens with two attached hydrogens (primary N) is 1. The molecule has 0 spiro atoms. The molecule has 0 aliphatic heterocycles. The van der Waals surface area contributed by atoms with E-state index in [1.165, 1.54) is 11.3 Å². The normalized spacial score (nSPS) is 11.7. The van der Waals surface area contributed by atoms with E-state index in [1.807, 2.05) is 30.5 Å². The molecule has 1 aromatic carbocycles. The molecule has 1 aromatic heterocycles. The monoisotopic (exact) mass is 311 g/mol. The van der Waals surface area contributed by atoms with Crippen molar-refractivity contribution in [2.45, 2.75) is 25.8 Å². The van der Waals surface area contributed by atoms with Crippen LogP contribution >= 0.6 is 11.3 Å². The van der Waals surface area contributed by atoms with Gasteiger partial charge in [0.05, 0.1) is 23.0 Å². The van der Waals surface area contributed by atoms with Crippen molar-refractivity contribution in [3.8, 4) is 0 Å². The predicted molar refractivity (Wildman–Crippen MR) is 80.6 cm³/mol. The second-order valence-electron chi connectivity index (χ2n) is 4.46. The number of hydrogen-bond donors (Lipinski definition) is 2. The van der Waals surface area contributed by atoms with Crippen LogP contribution in [0.1, 0.15) is 21.8 Å². The van der Waals surface area contributed by atoms with E-state index in [1.54, 1.807) is 6.07 Å². The first-order valence-corrected chi connectivity index (χ1v) is 8.68. The SMILES string of the molecule is Cc1nc(CNS(=O)(=O)Cc2cccc(CN)c2)cs1. The Morgan fingerprint density at radius 2 is 2.10 bits per heavy atom. The van der Waals surface area contributed by atoms with Gasteiger partial charge in [-0.25, -0.2) is 18.1 Å². The third-order valence-electron chi connectivity index (χ3n) is 2.72. The molecule has 20 heavy (non-hydrogen) atoms. The van der Waals surface area contributed by atoms with E-state index in [0.29, 0.717) is 6.54 Å². The van der Waals surface area contributed by atoms with Gasteiger partial charge in [-0.2, -0.15) is 0 Å². The van der Waals surface area contributed by atoms with Crippen molar-refractivity contribution < 1.29 is 8.42 Å². The van der Waals surface area contributed by atoms with Crippen molar-refractivity contribution in [2.24, 2.45) is 5.73 Å². The van der Waals surface area contributed by atoms with Crippen molar-refractivity contribution in [3.05, 3.63) is 51.5 Å². The molecule has 0 atom stereocenters. The van der Waals surface area contributed by atoms with Crippen LogP contribution in [0.5, 0.6) is 0 Å². The van der Waals surface area contributed by atoms with E-state index in [9.17, 15) is 8.42 Å². The molecule has 0 fully saturated rings. The van der Waals surface area contributed by atoms with E-state index < -0.39 is 10.0 Å². The third-order valence-corrected chi connectivity index (χ3v) is 4.84. The van der Waals surface area contributed by atoms with Gasteiger partial charge in [0, 0.05) is 11.9 Å². The van der Waals surface area contributed by atoms with E-state index in [-0.39, 0.29) is 12.3 Å². The fourth-order valence-electron chi connectivity index (χ4n) is 1.79. The zero-order valence-electron chi connectivity index (χ0n) is 11.2. The summed E-state index contributed by atoms with van der Waals surface area (Å²) in [4.78, 5) is 4.22. The highest BCUT2D eigenvalue weighted by Crippen LogP contribution is 2.10. The topological polar surface area (TPSA) is 85.1 Å². The summed E-state index contributed by atoms with van der Waals surface area (Å²) in [6, 6.07) is 7.29. The maximum atomic E-state index is 12.0. The number of rotatable bonds is 6. The lowest BCUT2D eigenvalue weighted by molar-refractivity contribution is 0.579. The predicted octanol–water partition coefficient (Wildman–Crippen LogP) is 1.53. The molecule has 0 saturated carbocycles. The van der Waals surface area contributed by atoms with Crippen LogP contribution in [0.4, 0.5) is 0 Å². The van der Waals surface area contributed by atoms with Crippen molar-refractivity contribution in [2.75, 3.05) is 0 Å². The minimum absolute atomic E-state index is 0.0516. The molecule has 0 saturated heterocycles. The molecule has 0 unspecified atom stereocenters. The number of benzene rings is 1. The van der Waals surface area contributed by atoms with E-state index in [4.69, 9.17) is 5.73 Å². The zero-order chi connectivity index (χ0) is 14.6. The van der Waals surface area contributed by atoms with Crippen LogP contribution in [-0.4, -0.2) is 13.4 Å². The molecule has 0 radical (unpaired) electrons. The molecule has 0 bridgehead atoms. The smallest absolute Gasteiger partial charge is 0.216 e. The van der Waals surface area contributed by atoms with Gasteiger partial charge in [0.2, 0.25) is 10.0 Å². The summed E-state index contributed by atoms with van der Waals surface area (Å²) in [5.74, 6) is -0.0516. The molecule has 1 heterocycles. The van der Waals surface area contributed by atoms with E-state index in [0.717, 1.165) is 21.8 Å².